The van der Waals surface area contributed by atoms with Crippen LogP contribution in [0.1, 0.15) is 0 Å². The van der Waals surface area contributed by atoms with Crippen LogP contribution in [0.2, 0.25) is 0 Å². The molecule has 0 aliphatic heterocycles. The molecule has 0 bridgehead atoms. The second-order valence-corrected chi connectivity index (χ2v) is 3.97. The number of fused-ring (bicyclic) bond motifs is 1. The van der Waals surface area contributed by atoms with Gasteiger partial charge in [0, 0.05) is 4.88 Å². The van der Waals surface area contributed by atoms with Gasteiger partial charge in [0.15, 0.2) is 0 Å². The Bertz CT molecular complexity index is 554. The van der Waals surface area contributed by atoms with Gasteiger partial charge in [-0.15, -0.1) is 16.4 Å². The fourth-order valence-electron chi connectivity index (χ4n) is 1.44. The summed E-state index contributed by atoms with van der Waals surface area (Å²) in [7, 11) is 0. The maximum absolute atomic E-state index is 3.99. The summed E-state index contributed by atoms with van der Waals surface area (Å²) < 4.78 is 0. The summed E-state index contributed by atoms with van der Waals surface area (Å²) in [5.74, 6) is 0. The number of nitrogens with zero attached hydrogens (tertiary/aromatic N) is 2. The molecule has 68 valence electrons. The summed E-state index contributed by atoms with van der Waals surface area (Å²) >= 11 is 1.73. The molecule has 14 heavy (non-hydrogen) atoms. The van der Waals surface area contributed by atoms with E-state index >= 15 is 0 Å². The van der Waals surface area contributed by atoms with Crippen LogP contribution >= 0.6 is 11.3 Å². The van der Waals surface area contributed by atoms with Crippen molar-refractivity contribution in [3.8, 4) is 10.4 Å². The summed E-state index contributed by atoms with van der Waals surface area (Å²) in [5.41, 5.74) is 3.09. The molecule has 0 unspecified atom stereocenters. The number of thiophene rings is 1. The highest BCUT2D eigenvalue weighted by Crippen LogP contribution is 2.26. The molecular formula is C10H7N3S. The number of H-pyrrole nitrogens is 1. The molecule has 3 nitrogen and oxygen atoms in total. The van der Waals surface area contributed by atoms with E-state index in [1.54, 1.807) is 11.3 Å². The minimum absolute atomic E-state index is 0.913. The molecule has 0 saturated heterocycles. The first-order valence-corrected chi connectivity index (χ1v) is 5.16. The molecule has 2 aromatic heterocycles. The number of hydrogen-bond donors (Lipinski definition) is 1. The van der Waals surface area contributed by atoms with Crippen molar-refractivity contribution in [1.82, 2.24) is 15.4 Å². The molecule has 0 amide bonds. The lowest BCUT2D eigenvalue weighted by molar-refractivity contribution is 0.959. The molecule has 0 aliphatic carbocycles. The van der Waals surface area contributed by atoms with Crippen LogP contribution in [0.25, 0.3) is 21.5 Å². The van der Waals surface area contributed by atoms with Crippen LogP contribution in [-0.4, -0.2) is 15.4 Å². The van der Waals surface area contributed by atoms with Gasteiger partial charge in [-0.2, -0.15) is 0 Å². The zero-order valence-electron chi connectivity index (χ0n) is 7.27. The Morgan fingerprint density at radius 2 is 2.21 bits per heavy atom. The van der Waals surface area contributed by atoms with Crippen LogP contribution in [0, 0.1) is 0 Å². The van der Waals surface area contributed by atoms with Gasteiger partial charge in [0.1, 0.15) is 5.52 Å². The molecule has 3 aromatic rings. The van der Waals surface area contributed by atoms with E-state index in [1.807, 2.05) is 18.2 Å². The Labute approximate surface area is 84.4 Å². The molecule has 0 radical (unpaired) electrons. The Hall–Kier alpha value is -1.68. The van der Waals surface area contributed by atoms with Crippen molar-refractivity contribution in [2.75, 3.05) is 0 Å². The molecule has 1 aromatic carbocycles. The predicted octanol–water partition coefficient (Wildman–Crippen LogP) is 2.69. The minimum Gasteiger partial charge on any atom is -0.258 e. The normalized spacial score (nSPS) is 10.9. The zero-order valence-corrected chi connectivity index (χ0v) is 8.08. The zero-order chi connectivity index (χ0) is 9.38. The van der Waals surface area contributed by atoms with Crippen LogP contribution < -0.4 is 0 Å². The van der Waals surface area contributed by atoms with E-state index in [1.165, 1.54) is 10.4 Å². The Morgan fingerprint density at radius 1 is 1.21 bits per heavy atom. The van der Waals surface area contributed by atoms with E-state index in [2.05, 4.69) is 32.9 Å². The third-order valence-electron chi connectivity index (χ3n) is 2.13. The fourth-order valence-corrected chi connectivity index (χ4v) is 2.16. The monoisotopic (exact) mass is 201 g/mol. The molecule has 3 rings (SSSR count). The number of nitrogens with one attached hydrogen (secondary N) is 1. The second kappa shape index (κ2) is 2.92. The summed E-state index contributed by atoms with van der Waals surface area (Å²) in [6.45, 7) is 0. The summed E-state index contributed by atoms with van der Waals surface area (Å²) in [4.78, 5) is 1.26. The average Bonchev–Trinajstić information content (AvgIpc) is 2.88. The number of aromatic nitrogens is 3. The largest absolute Gasteiger partial charge is 0.258 e. The van der Waals surface area contributed by atoms with Crippen LogP contribution in [-0.2, 0) is 0 Å². The highest BCUT2D eigenvalue weighted by atomic mass is 32.1. The first-order valence-electron chi connectivity index (χ1n) is 4.28. The molecular weight excluding hydrogens is 194 g/mol. The summed E-state index contributed by atoms with van der Waals surface area (Å²) in [5, 5.41) is 12.6. The molecule has 2 heterocycles. The van der Waals surface area contributed by atoms with Gasteiger partial charge in [-0.05, 0) is 29.1 Å². The Kier molecular flexibility index (Phi) is 1.61. The quantitative estimate of drug-likeness (QED) is 0.657. The molecule has 0 aliphatic rings. The van der Waals surface area contributed by atoms with Crippen LogP contribution in [0.4, 0.5) is 0 Å². The first-order chi connectivity index (χ1) is 6.93. The SMILES string of the molecule is c1csc(-c2ccc3[nH]nnc3c2)c1. The van der Waals surface area contributed by atoms with Crippen LogP contribution in [0.15, 0.2) is 35.7 Å². The van der Waals surface area contributed by atoms with Crippen molar-refractivity contribution in [2.24, 2.45) is 0 Å². The first kappa shape index (κ1) is 7.70. The lowest BCUT2D eigenvalue weighted by Gasteiger charge is -1.95. The van der Waals surface area contributed by atoms with E-state index in [0.29, 0.717) is 0 Å². The number of rotatable bonds is 1. The maximum Gasteiger partial charge on any atom is 0.113 e. The van der Waals surface area contributed by atoms with Crippen molar-refractivity contribution < 1.29 is 0 Å². The Morgan fingerprint density at radius 3 is 3.07 bits per heavy atom. The smallest absolute Gasteiger partial charge is 0.113 e. The van der Waals surface area contributed by atoms with E-state index in [-0.39, 0.29) is 0 Å². The van der Waals surface area contributed by atoms with Gasteiger partial charge < -0.3 is 0 Å². The molecule has 1 N–H and O–H groups in total. The molecule has 0 atom stereocenters. The molecule has 4 heteroatoms. The predicted molar refractivity (Wildman–Crippen MR) is 57.2 cm³/mol. The van der Waals surface area contributed by atoms with Gasteiger partial charge >= 0.3 is 0 Å². The van der Waals surface area contributed by atoms with Crippen molar-refractivity contribution in [2.45, 2.75) is 0 Å². The topological polar surface area (TPSA) is 41.6 Å². The van der Waals surface area contributed by atoms with Crippen LogP contribution in [0.3, 0.4) is 0 Å². The molecule has 0 saturated carbocycles. The summed E-state index contributed by atoms with van der Waals surface area (Å²) in [6, 6.07) is 10.3. The average molecular weight is 201 g/mol. The van der Waals surface area contributed by atoms with Crippen molar-refractivity contribution in [3.05, 3.63) is 35.7 Å². The van der Waals surface area contributed by atoms with Gasteiger partial charge in [0.2, 0.25) is 0 Å². The summed E-state index contributed by atoms with van der Waals surface area (Å²) in [6.07, 6.45) is 0. The molecule has 0 fully saturated rings. The van der Waals surface area contributed by atoms with Crippen LogP contribution in [0.5, 0.6) is 0 Å². The standard InChI is InChI=1S/C10H7N3S/c1-2-10(14-5-1)7-3-4-8-9(6-7)12-13-11-8/h1-6H,(H,11,12,13). The van der Waals surface area contributed by atoms with Gasteiger partial charge in [-0.3, -0.25) is 5.10 Å². The number of hydrogen-bond acceptors (Lipinski definition) is 3. The van der Waals surface area contributed by atoms with E-state index in [9.17, 15) is 0 Å². The highest BCUT2D eigenvalue weighted by Gasteiger charge is 2.01. The molecule has 0 spiro atoms. The van der Waals surface area contributed by atoms with Crippen molar-refractivity contribution in [1.29, 1.82) is 0 Å². The second-order valence-electron chi connectivity index (χ2n) is 3.02. The van der Waals surface area contributed by atoms with Gasteiger partial charge in [0.25, 0.3) is 0 Å². The third-order valence-corrected chi connectivity index (χ3v) is 3.05. The lowest BCUT2D eigenvalue weighted by atomic mass is 10.2. The maximum atomic E-state index is 3.99. The van der Waals surface area contributed by atoms with Crippen molar-refractivity contribution >= 4 is 22.4 Å². The highest BCUT2D eigenvalue weighted by molar-refractivity contribution is 7.13. The van der Waals surface area contributed by atoms with E-state index < -0.39 is 0 Å². The minimum atomic E-state index is 0.913. The van der Waals surface area contributed by atoms with Gasteiger partial charge in [-0.25, -0.2) is 0 Å². The third kappa shape index (κ3) is 1.12. The number of aromatic amines is 1. The van der Waals surface area contributed by atoms with Gasteiger partial charge in [-0.1, -0.05) is 17.3 Å². The van der Waals surface area contributed by atoms with Crippen molar-refractivity contribution in [3.63, 3.8) is 0 Å². The van der Waals surface area contributed by atoms with Gasteiger partial charge in [0.05, 0.1) is 5.52 Å². The van der Waals surface area contributed by atoms with E-state index in [4.69, 9.17) is 0 Å². The lowest BCUT2D eigenvalue weighted by Crippen LogP contribution is -1.73. The number of benzene rings is 1. The fraction of sp³-hybridized carbons (Fsp3) is 0. The Balaban J connectivity index is 2.23. The van der Waals surface area contributed by atoms with E-state index in [0.717, 1.165) is 11.0 Å².